The molecule has 0 aromatic heterocycles. The Balaban J connectivity index is 0.00000320. The number of barbiturate groups is 1. The number of benzene rings is 1. The van der Waals surface area contributed by atoms with E-state index in [1.807, 2.05) is 6.92 Å². The lowest BCUT2D eigenvalue weighted by Crippen LogP contribution is -3.00. The summed E-state index contributed by atoms with van der Waals surface area (Å²) < 4.78 is 0. The number of anilines is 1. The number of nitrogens with two attached hydrogens (primary N) is 1. The molecule has 0 atom stereocenters. The number of unbranched alkanes of at least 4 members (excludes halogenated alkanes) is 1. The van der Waals surface area contributed by atoms with Gasteiger partial charge in [0, 0.05) is 29.9 Å². The Morgan fingerprint density at radius 1 is 1.23 bits per heavy atom. The molecule has 162 valence electrons. The minimum absolute atomic E-state index is 0. The number of quaternary nitrogens is 1. The second-order valence-corrected chi connectivity index (χ2v) is 6.98. The number of hydrogen-bond donors (Lipinski definition) is 2. The van der Waals surface area contributed by atoms with Crippen LogP contribution >= 0.6 is 0 Å². The Morgan fingerprint density at radius 2 is 1.93 bits per heavy atom. The van der Waals surface area contributed by atoms with Crippen molar-refractivity contribution >= 4 is 35.3 Å². The van der Waals surface area contributed by atoms with Crippen LogP contribution in [0.15, 0.2) is 23.8 Å². The van der Waals surface area contributed by atoms with Gasteiger partial charge in [0.2, 0.25) is 0 Å². The number of urea groups is 1. The Morgan fingerprint density at radius 3 is 2.57 bits per heavy atom. The number of non-ortho nitro benzene ring substituents is 1. The number of carbonyl (C=O) groups excluding carboxylic acids is 3. The highest BCUT2D eigenvalue weighted by molar-refractivity contribution is 6.31. The van der Waals surface area contributed by atoms with Gasteiger partial charge in [0.05, 0.1) is 31.1 Å². The van der Waals surface area contributed by atoms with Crippen molar-refractivity contribution in [3.63, 3.8) is 0 Å². The largest absolute Gasteiger partial charge is 1.00 e. The van der Waals surface area contributed by atoms with Crippen LogP contribution in [0.25, 0.3) is 6.08 Å². The number of nitro groups is 1. The fourth-order valence-corrected chi connectivity index (χ4v) is 3.42. The lowest BCUT2D eigenvalue weighted by Gasteiger charge is -2.29. The van der Waals surface area contributed by atoms with Gasteiger partial charge in [-0.3, -0.25) is 29.9 Å². The first-order valence-electron chi connectivity index (χ1n) is 9.66. The number of rotatable bonds is 6. The van der Waals surface area contributed by atoms with Crippen molar-refractivity contribution in [2.75, 3.05) is 37.6 Å². The van der Waals surface area contributed by atoms with E-state index in [9.17, 15) is 24.5 Å². The van der Waals surface area contributed by atoms with Gasteiger partial charge in [0.1, 0.15) is 5.57 Å². The van der Waals surface area contributed by atoms with Gasteiger partial charge in [-0.15, -0.1) is 0 Å². The molecule has 3 rings (SSSR count). The monoisotopic (exact) mass is 437 g/mol. The molecule has 4 amide bonds. The van der Waals surface area contributed by atoms with E-state index in [4.69, 9.17) is 0 Å². The first kappa shape index (κ1) is 23.3. The molecule has 0 spiro atoms. The topological polar surface area (TPSA) is 129 Å². The van der Waals surface area contributed by atoms with Gasteiger partial charge in [-0.25, -0.2) is 4.79 Å². The predicted molar refractivity (Wildman–Crippen MR) is 105 cm³/mol. The standard InChI is InChI=1S/C19H23N5O5.ClH/c1-2-3-8-23-18(26)15(17(25)21-19(23)27)12-13-11-14(24(28)29)4-5-16(13)22-9-6-20-7-10-22;/h4-5,11-12,20H,2-3,6-10H2,1H3,(H,21,25,27);1H/b15-12-;. The summed E-state index contributed by atoms with van der Waals surface area (Å²) in [6.07, 6.45) is 2.75. The fraction of sp³-hybridized carbons (Fsp3) is 0.421. The normalized spacial score (nSPS) is 18.3. The highest BCUT2D eigenvalue weighted by Gasteiger charge is 2.35. The molecular weight excluding hydrogens is 414 g/mol. The van der Waals surface area contributed by atoms with E-state index >= 15 is 0 Å². The summed E-state index contributed by atoms with van der Waals surface area (Å²) >= 11 is 0. The Kier molecular flexibility index (Phi) is 7.90. The number of nitro benzene ring substituents is 1. The van der Waals surface area contributed by atoms with Crippen molar-refractivity contribution < 1.29 is 37.0 Å². The number of hydrogen-bond acceptors (Lipinski definition) is 6. The second kappa shape index (κ2) is 10.2. The van der Waals surface area contributed by atoms with Crippen LogP contribution < -0.4 is 27.9 Å². The zero-order valence-corrected chi connectivity index (χ0v) is 17.4. The van der Waals surface area contributed by atoms with Crippen LogP contribution in [0.3, 0.4) is 0 Å². The molecule has 0 saturated carbocycles. The van der Waals surface area contributed by atoms with E-state index in [2.05, 4.69) is 15.5 Å². The molecular formula is C19H24ClN5O5. The summed E-state index contributed by atoms with van der Waals surface area (Å²) in [5.41, 5.74) is 0.788. The molecule has 11 heteroatoms. The molecule has 0 radical (unpaired) electrons. The molecule has 0 bridgehead atoms. The summed E-state index contributed by atoms with van der Waals surface area (Å²) in [6.45, 7) is 5.39. The number of nitrogens with zero attached hydrogens (tertiary/aromatic N) is 3. The van der Waals surface area contributed by atoms with E-state index < -0.39 is 22.8 Å². The molecule has 1 aromatic carbocycles. The SMILES string of the molecule is CCCCN1C(=O)NC(=O)/C(=C/c2cc([N+](=O)[O-])ccc2N2CC[NH2+]CC2)C1=O.[Cl-]. The molecule has 30 heavy (non-hydrogen) atoms. The summed E-state index contributed by atoms with van der Waals surface area (Å²) in [6, 6.07) is 3.67. The number of halogens is 1. The number of piperazine rings is 1. The third-order valence-electron chi connectivity index (χ3n) is 4.99. The molecule has 2 heterocycles. The second-order valence-electron chi connectivity index (χ2n) is 6.98. The molecule has 2 aliphatic heterocycles. The van der Waals surface area contributed by atoms with Crippen molar-refractivity contribution in [1.82, 2.24) is 10.2 Å². The Hall–Kier alpha value is -2.98. The maximum absolute atomic E-state index is 12.8. The van der Waals surface area contributed by atoms with Crippen molar-refractivity contribution in [3.05, 3.63) is 39.4 Å². The molecule has 2 fully saturated rings. The first-order chi connectivity index (χ1) is 13.9. The maximum atomic E-state index is 12.8. The number of imide groups is 2. The molecule has 2 aliphatic rings. The van der Waals surface area contributed by atoms with Gasteiger partial charge in [0.25, 0.3) is 17.5 Å². The third-order valence-corrected chi connectivity index (χ3v) is 4.99. The van der Waals surface area contributed by atoms with Gasteiger partial charge >= 0.3 is 6.03 Å². The van der Waals surface area contributed by atoms with Gasteiger partial charge in [-0.2, -0.15) is 0 Å². The minimum Gasteiger partial charge on any atom is -1.00 e. The number of amides is 4. The van der Waals surface area contributed by atoms with E-state index in [1.165, 1.54) is 18.2 Å². The summed E-state index contributed by atoms with van der Waals surface area (Å²) in [5, 5.41) is 15.6. The lowest BCUT2D eigenvalue weighted by molar-refractivity contribution is -0.655. The number of carbonyl (C=O) groups is 3. The van der Waals surface area contributed by atoms with Crippen molar-refractivity contribution in [2.24, 2.45) is 0 Å². The zero-order chi connectivity index (χ0) is 21.0. The Labute approximate surface area is 179 Å². The van der Waals surface area contributed by atoms with E-state index in [-0.39, 0.29) is 30.2 Å². The molecule has 3 N–H and O–H groups in total. The van der Waals surface area contributed by atoms with Crippen LogP contribution in [0.5, 0.6) is 0 Å². The Bertz CT molecular complexity index is 882. The van der Waals surface area contributed by atoms with Crippen LogP contribution in [-0.4, -0.2) is 60.4 Å². The van der Waals surface area contributed by atoms with Crippen molar-refractivity contribution in [1.29, 1.82) is 0 Å². The van der Waals surface area contributed by atoms with Crippen LogP contribution in [0.1, 0.15) is 25.3 Å². The van der Waals surface area contributed by atoms with Crippen molar-refractivity contribution in [3.8, 4) is 0 Å². The van der Waals surface area contributed by atoms with Crippen LogP contribution in [-0.2, 0) is 9.59 Å². The third kappa shape index (κ3) is 4.95. The van der Waals surface area contributed by atoms with Crippen LogP contribution in [0, 0.1) is 10.1 Å². The average Bonchev–Trinajstić information content (AvgIpc) is 2.71. The highest BCUT2D eigenvalue weighted by Crippen LogP contribution is 2.28. The summed E-state index contributed by atoms with van der Waals surface area (Å²) in [5.74, 6) is -1.48. The van der Waals surface area contributed by atoms with Crippen LogP contribution in [0.4, 0.5) is 16.2 Å². The summed E-state index contributed by atoms with van der Waals surface area (Å²) in [4.78, 5) is 51.0. The molecule has 2 saturated heterocycles. The highest BCUT2D eigenvalue weighted by atomic mass is 35.5. The average molecular weight is 438 g/mol. The molecule has 0 unspecified atom stereocenters. The molecule has 0 aliphatic carbocycles. The van der Waals surface area contributed by atoms with Gasteiger partial charge < -0.3 is 22.6 Å². The predicted octanol–water partition coefficient (Wildman–Crippen LogP) is -2.76. The maximum Gasteiger partial charge on any atom is 0.331 e. The van der Waals surface area contributed by atoms with E-state index in [0.29, 0.717) is 17.7 Å². The van der Waals surface area contributed by atoms with Crippen molar-refractivity contribution in [2.45, 2.75) is 19.8 Å². The van der Waals surface area contributed by atoms with Gasteiger partial charge in [-0.05, 0) is 18.6 Å². The summed E-state index contributed by atoms with van der Waals surface area (Å²) in [7, 11) is 0. The molecule has 1 aromatic rings. The lowest BCUT2D eigenvalue weighted by atomic mass is 10.0. The van der Waals surface area contributed by atoms with Gasteiger partial charge in [0.15, 0.2) is 0 Å². The van der Waals surface area contributed by atoms with Gasteiger partial charge in [-0.1, -0.05) is 13.3 Å². The van der Waals surface area contributed by atoms with Crippen LogP contribution in [0.2, 0.25) is 0 Å². The smallest absolute Gasteiger partial charge is 0.331 e. The van der Waals surface area contributed by atoms with E-state index in [0.717, 1.165) is 37.5 Å². The zero-order valence-electron chi connectivity index (χ0n) is 16.6. The molecule has 10 nitrogen and oxygen atoms in total. The van der Waals surface area contributed by atoms with E-state index in [1.54, 1.807) is 6.07 Å². The number of nitrogens with one attached hydrogen (secondary N) is 1. The minimum atomic E-state index is -0.794. The fourth-order valence-electron chi connectivity index (χ4n) is 3.42. The quantitative estimate of drug-likeness (QED) is 0.215. The first-order valence-corrected chi connectivity index (χ1v) is 9.66.